The minimum atomic E-state index is -1.99. The van der Waals surface area contributed by atoms with Crippen molar-refractivity contribution in [1.82, 2.24) is 10.3 Å². The summed E-state index contributed by atoms with van der Waals surface area (Å²) in [5, 5.41) is 3.21. The number of rotatable bonds is 8. The lowest BCUT2D eigenvalue weighted by atomic mass is 9.90. The number of hydrogen-bond acceptors (Lipinski definition) is 7. The second-order valence-corrected chi connectivity index (χ2v) is 6.11. The molecule has 0 aliphatic heterocycles. The van der Waals surface area contributed by atoms with Gasteiger partial charge in [0.15, 0.2) is 0 Å². The van der Waals surface area contributed by atoms with Crippen molar-refractivity contribution >= 4 is 28.7 Å². The summed E-state index contributed by atoms with van der Waals surface area (Å²) in [5.74, 6) is -1.67. The molecule has 0 saturated heterocycles. The van der Waals surface area contributed by atoms with Gasteiger partial charge in [0.05, 0.1) is 25.8 Å². The molecule has 1 heterocycles. The Hall–Kier alpha value is -3.16. The van der Waals surface area contributed by atoms with Crippen molar-refractivity contribution in [2.24, 2.45) is 0 Å². The third kappa shape index (κ3) is 4.57. The fourth-order valence-corrected chi connectivity index (χ4v) is 2.87. The van der Waals surface area contributed by atoms with Crippen LogP contribution in [0, 0.1) is 0 Å². The van der Waals surface area contributed by atoms with Crippen LogP contribution < -0.4 is 10.1 Å². The zero-order valence-electron chi connectivity index (χ0n) is 16.4. The molecule has 1 amide bonds. The van der Waals surface area contributed by atoms with E-state index in [4.69, 9.17) is 14.2 Å². The Balaban J connectivity index is 2.52. The lowest BCUT2D eigenvalue weighted by Crippen LogP contribution is -2.62. The van der Waals surface area contributed by atoms with Crippen LogP contribution in [-0.2, 0) is 30.3 Å². The molecule has 0 spiro atoms. The van der Waals surface area contributed by atoms with Gasteiger partial charge in [0.2, 0.25) is 11.4 Å². The average Bonchev–Trinajstić information content (AvgIpc) is 2.66. The van der Waals surface area contributed by atoms with Crippen LogP contribution in [0.2, 0.25) is 0 Å². The van der Waals surface area contributed by atoms with E-state index in [0.29, 0.717) is 11.3 Å². The standard InChI is InChI=1S/C20H24N2O6/c1-5-27-18(24)20(22-13(3)23,19(25)28-6-2)11-14-9-15-10-16(26-4)7-8-17(15)21-12-14/h7-10,12H,5-6,11H2,1-4H3,(H,22,23). The second kappa shape index (κ2) is 9.16. The Morgan fingerprint density at radius 3 is 2.25 bits per heavy atom. The summed E-state index contributed by atoms with van der Waals surface area (Å²) in [6, 6.07) is 7.16. The molecular weight excluding hydrogens is 364 g/mol. The predicted molar refractivity (Wildman–Crippen MR) is 102 cm³/mol. The number of nitrogens with zero attached hydrogens (tertiary/aromatic N) is 1. The Morgan fingerprint density at radius 1 is 1.07 bits per heavy atom. The van der Waals surface area contributed by atoms with E-state index in [1.165, 1.54) is 6.92 Å². The first-order valence-corrected chi connectivity index (χ1v) is 8.92. The number of amides is 1. The number of fused-ring (bicyclic) bond motifs is 1. The summed E-state index contributed by atoms with van der Waals surface area (Å²) >= 11 is 0. The van der Waals surface area contributed by atoms with Gasteiger partial charge in [-0.15, -0.1) is 0 Å². The SMILES string of the molecule is CCOC(=O)C(Cc1cnc2ccc(OC)cc2c1)(NC(C)=O)C(=O)OCC. The van der Waals surface area contributed by atoms with Gasteiger partial charge < -0.3 is 19.5 Å². The number of esters is 2. The largest absolute Gasteiger partial charge is 0.497 e. The number of nitrogens with one attached hydrogen (secondary N) is 1. The summed E-state index contributed by atoms with van der Waals surface area (Å²) in [5.41, 5.74) is -0.718. The van der Waals surface area contributed by atoms with Crippen molar-refractivity contribution in [2.75, 3.05) is 20.3 Å². The smallest absolute Gasteiger partial charge is 0.344 e. The quantitative estimate of drug-likeness (QED) is 0.543. The maximum absolute atomic E-state index is 12.7. The van der Waals surface area contributed by atoms with E-state index in [1.54, 1.807) is 51.4 Å². The van der Waals surface area contributed by atoms with Crippen LogP contribution in [0.3, 0.4) is 0 Å². The Labute approximate surface area is 163 Å². The molecule has 0 aliphatic rings. The number of pyridine rings is 1. The summed E-state index contributed by atoms with van der Waals surface area (Å²) in [6.45, 7) is 4.55. The highest BCUT2D eigenvalue weighted by molar-refractivity contribution is 6.08. The van der Waals surface area contributed by atoms with Crippen molar-refractivity contribution in [1.29, 1.82) is 0 Å². The fraction of sp³-hybridized carbons (Fsp3) is 0.400. The molecule has 0 saturated carbocycles. The molecule has 0 atom stereocenters. The predicted octanol–water partition coefficient (Wildman–Crippen LogP) is 1.79. The number of methoxy groups -OCH3 is 1. The maximum Gasteiger partial charge on any atom is 0.344 e. The van der Waals surface area contributed by atoms with Crippen molar-refractivity contribution in [3.05, 3.63) is 36.0 Å². The molecule has 2 rings (SSSR count). The monoisotopic (exact) mass is 388 g/mol. The molecule has 8 nitrogen and oxygen atoms in total. The van der Waals surface area contributed by atoms with Gasteiger partial charge in [-0.3, -0.25) is 9.78 Å². The van der Waals surface area contributed by atoms with Crippen molar-refractivity contribution in [3.8, 4) is 5.75 Å². The van der Waals surface area contributed by atoms with Crippen LogP contribution in [0.15, 0.2) is 30.5 Å². The number of aromatic nitrogens is 1. The normalized spacial score (nSPS) is 11.0. The van der Waals surface area contributed by atoms with Crippen LogP contribution in [0.25, 0.3) is 10.9 Å². The first kappa shape index (κ1) is 21.1. The van der Waals surface area contributed by atoms with Gasteiger partial charge in [0, 0.05) is 24.9 Å². The van der Waals surface area contributed by atoms with Crippen molar-refractivity contribution in [3.63, 3.8) is 0 Å². The number of benzene rings is 1. The fourth-order valence-electron chi connectivity index (χ4n) is 2.87. The Kier molecular flexibility index (Phi) is 6.92. The molecule has 0 fully saturated rings. The molecular formula is C20H24N2O6. The highest BCUT2D eigenvalue weighted by Gasteiger charge is 2.50. The molecule has 1 aromatic heterocycles. The van der Waals surface area contributed by atoms with Crippen molar-refractivity contribution < 1.29 is 28.6 Å². The second-order valence-electron chi connectivity index (χ2n) is 6.11. The van der Waals surface area contributed by atoms with Gasteiger partial charge >= 0.3 is 11.9 Å². The third-order valence-electron chi connectivity index (χ3n) is 4.05. The molecule has 2 aromatic rings. The molecule has 0 bridgehead atoms. The molecule has 28 heavy (non-hydrogen) atoms. The average molecular weight is 388 g/mol. The summed E-state index contributed by atoms with van der Waals surface area (Å²) in [7, 11) is 1.56. The van der Waals surface area contributed by atoms with E-state index < -0.39 is 23.4 Å². The molecule has 0 radical (unpaired) electrons. The van der Waals surface area contributed by atoms with Crippen LogP contribution >= 0.6 is 0 Å². The molecule has 0 unspecified atom stereocenters. The molecule has 150 valence electrons. The van der Waals surface area contributed by atoms with E-state index in [9.17, 15) is 14.4 Å². The van der Waals surface area contributed by atoms with Crippen LogP contribution in [0.4, 0.5) is 0 Å². The van der Waals surface area contributed by atoms with Gasteiger partial charge in [0.25, 0.3) is 0 Å². The summed E-state index contributed by atoms with van der Waals surface area (Å²) in [6.07, 6.45) is 1.38. The first-order chi connectivity index (χ1) is 13.4. The zero-order chi connectivity index (χ0) is 20.7. The topological polar surface area (TPSA) is 104 Å². The van der Waals surface area contributed by atoms with E-state index in [0.717, 1.165) is 10.9 Å². The van der Waals surface area contributed by atoms with Gasteiger partial charge in [-0.25, -0.2) is 9.59 Å². The third-order valence-corrected chi connectivity index (χ3v) is 4.05. The highest BCUT2D eigenvalue weighted by atomic mass is 16.6. The van der Waals surface area contributed by atoms with E-state index in [-0.39, 0.29) is 19.6 Å². The zero-order valence-corrected chi connectivity index (χ0v) is 16.4. The molecule has 1 aromatic carbocycles. The van der Waals surface area contributed by atoms with Gasteiger partial charge in [-0.2, -0.15) is 0 Å². The van der Waals surface area contributed by atoms with E-state index >= 15 is 0 Å². The lowest BCUT2D eigenvalue weighted by molar-refractivity contribution is -0.168. The number of ether oxygens (including phenoxy) is 3. The minimum absolute atomic E-state index is 0.0484. The summed E-state index contributed by atoms with van der Waals surface area (Å²) < 4.78 is 15.4. The summed E-state index contributed by atoms with van der Waals surface area (Å²) in [4.78, 5) is 41.6. The van der Waals surface area contributed by atoms with Crippen molar-refractivity contribution in [2.45, 2.75) is 32.7 Å². The Morgan fingerprint density at radius 2 is 1.71 bits per heavy atom. The number of hydrogen-bond donors (Lipinski definition) is 1. The van der Waals surface area contributed by atoms with Gasteiger partial charge in [-0.1, -0.05) is 0 Å². The van der Waals surface area contributed by atoms with E-state index in [2.05, 4.69) is 10.3 Å². The molecule has 1 N–H and O–H groups in total. The lowest BCUT2D eigenvalue weighted by Gasteiger charge is -2.29. The van der Waals surface area contributed by atoms with Crippen LogP contribution in [0.5, 0.6) is 5.75 Å². The first-order valence-electron chi connectivity index (χ1n) is 8.92. The maximum atomic E-state index is 12.7. The van der Waals surface area contributed by atoms with E-state index in [1.807, 2.05) is 0 Å². The van der Waals surface area contributed by atoms with Crippen LogP contribution in [-0.4, -0.2) is 48.7 Å². The number of carbonyl (C=O) groups excluding carboxylic acids is 3. The Bertz CT molecular complexity index is 862. The van der Waals surface area contributed by atoms with Gasteiger partial charge in [0.1, 0.15) is 5.75 Å². The minimum Gasteiger partial charge on any atom is -0.497 e. The molecule has 8 heteroatoms. The molecule has 0 aliphatic carbocycles. The van der Waals surface area contributed by atoms with Gasteiger partial charge in [-0.05, 0) is 43.7 Å². The number of carbonyl (C=O) groups is 3. The van der Waals surface area contributed by atoms with Crippen LogP contribution in [0.1, 0.15) is 26.3 Å². The highest BCUT2D eigenvalue weighted by Crippen LogP contribution is 2.24.